The minimum atomic E-state index is 0.420. The van der Waals surface area contributed by atoms with Gasteiger partial charge in [0, 0.05) is 31.0 Å². The van der Waals surface area contributed by atoms with Crippen LogP contribution < -0.4 is 10.6 Å². The first-order valence-electron chi connectivity index (χ1n) is 6.23. The molecule has 0 unspecified atom stereocenters. The zero-order chi connectivity index (χ0) is 14.2. The first-order chi connectivity index (χ1) is 9.78. The van der Waals surface area contributed by atoms with Crippen LogP contribution in [0.15, 0.2) is 30.5 Å². The summed E-state index contributed by atoms with van der Waals surface area (Å²) in [6, 6.07) is 7.34. The Labute approximate surface area is 122 Å². The molecule has 2 rings (SSSR count). The minimum absolute atomic E-state index is 0.420. The fourth-order valence-corrected chi connectivity index (χ4v) is 1.76. The normalized spacial score (nSPS) is 10.3. The van der Waals surface area contributed by atoms with Crippen molar-refractivity contribution in [3.8, 4) is 0 Å². The van der Waals surface area contributed by atoms with Crippen molar-refractivity contribution >= 4 is 29.1 Å². The zero-order valence-corrected chi connectivity index (χ0v) is 11.9. The van der Waals surface area contributed by atoms with Crippen LogP contribution in [0, 0.1) is 0 Å². The third kappa shape index (κ3) is 4.64. The van der Waals surface area contributed by atoms with E-state index in [1.54, 1.807) is 25.4 Å². The van der Waals surface area contributed by atoms with E-state index < -0.39 is 0 Å². The second-order valence-corrected chi connectivity index (χ2v) is 4.51. The molecule has 0 aliphatic heterocycles. The van der Waals surface area contributed by atoms with Gasteiger partial charge in [0.25, 0.3) is 0 Å². The predicted octanol–water partition coefficient (Wildman–Crippen LogP) is 2.72. The summed E-state index contributed by atoms with van der Waals surface area (Å²) < 4.78 is 4.98. The topological polar surface area (TPSA) is 72.0 Å². The molecule has 1 heterocycles. The van der Waals surface area contributed by atoms with Crippen molar-refractivity contribution in [2.45, 2.75) is 6.42 Å². The van der Waals surface area contributed by atoms with Crippen LogP contribution in [-0.4, -0.2) is 35.4 Å². The van der Waals surface area contributed by atoms with E-state index in [-0.39, 0.29) is 0 Å². The highest BCUT2D eigenvalue weighted by Gasteiger charge is 2.01. The van der Waals surface area contributed by atoms with Gasteiger partial charge in [-0.15, -0.1) is 5.10 Å². The second-order valence-electron chi connectivity index (χ2n) is 4.07. The maximum absolute atomic E-state index is 5.92. The summed E-state index contributed by atoms with van der Waals surface area (Å²) in [4.78, 5) is 4.32. The molecule has 0 saturated carbocycles. The molecular weight excluding hydrogens is 278 g/mol. The molecule has 106 valence electrons. The SMILES string of the molecule is COCCCNc1cnnc(Nc2cccc(Cl)c2)n1. The zero-order valence-electron chi connectivity index (χ0n) is 11.1. The van der Waals surface area contributed by atoms with Crippen molar-refractivity contribution in [1.29, 1.82) is 0 Å². The van der Waals surface area contributed by atoms with Gasteiger partial charge in [-0.3, -0.25) is 0 Å². The first kappa shape index (κ1) is 14.5. The van der Waals surface area contributed by atoms with Crippen LogP contribution in [0.3, 0.4) is 0 Å². The molecule has 2 aromatic rings. The molecule has 0 spiro atoms. The number of halogens is 1. The Morgan fingerprint density at radius 3 is 3.05 bits per heavy atom. The largest absolute Gasteiger partial charge is 0.385 e. The number of rotatable bonds is 7. The number of hydrogen-bond donors (Lipinski definition) is 2. The van der Waals surface area contributed by atoms with Crippen LogP contribution in [0.2, 0.25) is 5.02 Å². The van der Waals surface area contributed by atoms with Gasteiger partial charge < -0.3 is 15.4 Å². The Morgan fingerprint density at radius 2 is 2.25 bits per heavy atom. The molecular formula is C13H16ClN5O. The van der Waals surface area contributed by atoms with E-state index in [0.717, 1.165) is 18.7 Å². The van der Waals surface area contributed by atoms with Gasteiger partial charge in [-0.05, 0) is 24.6 Å². The van der Waals surface area contributed by atoms with Gasteiger partial charge in [0.15, 0.2) is 5.82 Å². The van der Waals surface area contributed by atoms with E-state index in [1.165, 1.54) is 0 Å². The molecule has 7 heteroatoms. The first-order valence-corrected chi connectivity index (χ1v) is 6.61. The summed E-state index contributed by atoms with van der Waals surface area (Å²) in [7, 11) is 1.68. The molecule has 1 aromatic carbocycles. The van der Waals surface area contributed by atoms with Crippen LogP contribution in [0.25, 0.3) is 0 Å². The lowest BCUT2D eigenvalue weighted by atomic mass is 10.3. The van der Waals surface area contributed by atoms with E-state index in [2.05, 4.69) is 25.8 Å². The van der Waals surface area contributed by atoms with Gasteiger partial charge >= 0.3 is 0 Å². The smallest absolute Gasteiger partial charge is 0.249 e. The monoisotopic (exact) mass is 293 g/mol. The van der Waals surface area contributed by atoms with Gasteiger partial charge in [0.05, 0.1) is 6.20 Å². The molecule has 0 aliphatic carbocycles. The number of hydrogen-bond acceptors (Lipinski definition) is 6. The molecule has 0 atom stereocenters. The lowest BCUT2D eigenvalue weighted by Gasteiger charge is -2.07. The Morgan fingerprint density at radius 1 is 1.35 bits per heavy atom. The quantitative estimate of drug-likeness (QED) is 0.765. The van der Waals surface area contributed by atoms with Crippen LogP contribution >= 0.6 is 11.6 Å². The van der Waals surface area contributed by atoms with Crippen molar-refractivity contribution < 1.29 is 4.74 Å². The minimum Gasteiger partial charge on any atom is -0.385 e. The van der Waals surface area contributed by atoms with Crippen LogP contribution in [0.4, 0.5) is 17.5 Å². The molecule has 1 aromatic heterocycles. The summed E-state index contributed by atoms with van der Waals surface area (Å²) in [5.41, 5.74) is 0.816. The number of methoxy groups -OCH3 is 1. The lowest BCUT2D eigenvalue weighted by molar-refractivity contribution is 0.197. The molecule has 0 bridgehead atoms. The van der Waals surface area contributed by atoms with Gasteiger partial charge in [-0.25, -0.2) is 0 Å². The molecule has 0 radical (unpaired) electrons. The summed E-state index contributed by atoms with van der Waals surface area (Å²) in [5, 5.41) is 14.7. The highest BCUT2D eigenvalue weighted by molar-refractivity contribution is 6.30. The van der Waals surface area contributed by atoms with Crippen molar-refractivity contribution in [3.63, 3.8) is 0 Å². The Hall–Kier alpha value is -1.92. The highest BCUT2D eigenvalue weighted by Crippen LogP contribution is 2.18. The molecule has 0 saturated heterocycles. The number of aromatic nitrogens is 3. The average Bonchev–Trinajstić information content (AvgIpc) is 2.44. The average molecular weight is 294 g/mol. The molecule has 6 nitrogen and oxygen atoms in total. The maximum atomic E-state index is 5.92. The van der Waals surface area contributed by atoms with E-state index in [0.29, 0.717) is 23.4 Å². The lowest BCUT2D eigenvalue weighted by Crippen LogP contribution is -2.08. The fourth-order valence-electron chi connectivity index (χ4n) is 1.57. The Kier molecular flexibility index (Phi) is 5.52. The number of anilines is 3. The van der Waals surface area contributed by atoms with E-state index >= 15 is 0 Å². The summed E-state index contributed by atoms with van der Waals surface area (Å²) in [6.07, 6.45) is 2.48. The highest BCUT2D eigenvalue weighted by atomic mass is 35.5. The Bertz CT molecular complexity index is 552. The molecule has 0 amide bonds. The van der Waals surface area contributed by atoms with Gasteiger partial charge in [-0.2, -0.15) is 10.1 Å². The van der Waals surface area contributed by atoms with E-state index in [9.17, 15) is 0 Å². The number of nitrogens with one attached hydrogen (secondary N) is 2. The standard InChI is InChI=1S/C13H16ClN5O/c1-20-7-3-6-15-12-9-16-19-13(18-12)17-11-5-2-4-10(14)8-11/h2,4-5,8-9H,3,6-7H2,1H3,(H2,15,17,18,19). The van der Waals surface area contributed by atoms with Gasteiger partial charge in [0.2, 0.25) is 5.95 Å². The summed E-state index contributed by atoms with van der Waals surface area (Å²) >= 11 is 5.92. The molecule has 0 fully saturated rings. The summed E-state index contributed by atoms with van der Waals surface area (Å²) in [5.74, 6) is 1.09. The van der Waals surface area contributed by atoms with E-state index in [4.69, 9.17) is 16.3 Å². The molecule has 2 N–H and O–H groups in total. The van der Waals surface area contributed by atoms with Crippen molar-refractivity contribution in [2.24, 2.45) is 0 Å². The predicted molar refractivity (Wildman–Crippen MR) is 79.5 cm³/mol. The summed E-state index contributed by atoms with van der Waals surface area (Å²) in [6.45, 7) is 1.47. The number of nitrogens with zero attached hydrogens (tertiary/aromatic N) is 3. The van der Waals surface area contributed by atoms with Gasteiger partial charge in [0.1, 0.15) is 0 Å². The van der Waals surface area contributed by atoms with Crippen molar-refractivity contribution in [3.05, 3.63) is 35.5 Å². The van der Waals surface area contributed by atoms with Crippen LogP contribution in [-0.2, 0) is 4.74 Å². The number of benzene rings is 1. The third-order valence-electron chi connectivity index (χ3n) is 2.47. The second kappa shape index (κ2) is 7.62. The van der Waals surface area contributed by atoms with Crippen LogP contribution in [0.1, 0.15) is 6.42 Å². The van der Waals surface area contributed by atoms with Crippen molar-refractivity contribution in [2.75, 3.05) is 30.9 Å². The fraction of sp³-hybridized carbons (Fsp3) is 0.308. The number of ether oxygens (including phenoxy) is 1. The molecule has 0 aliphatic rings. The third-order valence-corrected chi connectivity index (χ3v) is 2.71. The van der Waals surface area contributed by atoms with E-state index in [1.807, 2.05) is 12.1 Å². The molecule has 20 heavy (non-hydrogen) atoms. The van der Waals surface area contributed by atoms with Gasteiger partial charge in [-0.1, -0.05) is 17.7 Å². The van der Waals surface area contributed by atoms with Crippen LogP contribution in [0.5, 0.6) is 0 Å². The van der Waals surface area contributed by atoms with Crippen molar-refractivity contribution in [1.82, 2.24) is 15.2 Å². The maximum Gasteiger partial charge on any atom is 0.249 e. The Balaban J connectivity index is 1.95.